The second-order valence-corrected chi connectivity index (χ2v) is 8.30. The fourth-order valence-electron chi connectivity index (χ4n) is 2.78. The average Bonchev–Trinajstić information content (AvgIpc) is 3.34. The van der Waals surface area contributed by atoms with E-state index in [1.165, 1.54) is 11.8 Å². The Kier molecular flexibility index (Phi) is 5.48. The van der Waals surface area contributed by atoms with Gasteiger partial charge in [0, 0.05) is 9.90 Å². The van der Waals surface area contributed by atoms with Crippen molar-refractivity contribution in [2.24, 2.45) is 0 Å². The minimum Gasteiger partial charge on any atom is -0.344 e. The third-order valence-corrected chi connectivity index (χ3v) is 6.07. The molecule has 0 bridgehead atoms. The molecule has 0 radical (unpaired) electrons. The van der Waals surface area contributed by atoms with Gasteiger partial charge in [0.05, 0.1) is 22.8 Å². The van der Waals surface area contributed by atoms with Gasteiger partial charge in [0.1, 0.15) is 0 Å². The Morgan fingerprint density at radius 2 is 2.04 bits per heavy atom. The Labute approximate surface area is 170 Å². The van der Waals surface area contributed by atoms with E-state index < -0.39 is 0 Å². The molecular formula is C20H16ClN3OS2. The number of fused-ring (bicyclic) bond motifs is 1. The van der Waals surface area contributed by atoms with Crippen LogP contribution in [0, 0.1) is 0 Å². The lowest BCUT2D eigenvalue weighted by atomic mass is 10.1. The van der Waals surface area contributed by atoms with Gasteiger partial charge in [0.2, 0.25) is 5.91 Å². The number of nitrogens with zero attached hydrogens (tertiary/aromatic N) is 1. The maximum atomic E-state index is 12.6. The van der Waals surface area contributed by atoms with Gasteiger partial charge in [-0.15, -0.1) is 11.3 Å². The highest BCUT2D eigenvalue weighted by molar-refractivity contribution is 7.99. The minimum atomic E-state index is -0.145. The molecule has 2 N–H and O–H groups in total. The summed E-state index contributed by atoms with van der Waals surface area (Å²) in [7, 11) is 0. The maximum absolute atomic E-state index is 12.6. The number of hydrogen-bond donors (Lipinski definition) is 2. The molecule has 2 aromatic heterocycles. The van der Waals surface area contributed by atoms with Gasteiger partial charge >= 0.3 is 0 Å². The number of H-pyrrole nitrogens is 1. The van der Waals surface area contributed by atoms with E-state index in [0.717, 1.165) is 21.5 Å². The molecule has 2 aromatic carbocycles. The standard InChI is InChI=1S/C20H16ClN3OS2/c21-14-8-9-15-16(11-14)23-20(22-15)27-12-18(25)24-19(17-7-4-10-26-17)13-5-2-1-3-6-13/h1-11,19H,12H2,(H,22,23)(H,24,25)/t19-/m1/s1. The van der Waals surface area contributed by atoms with Crippen LogP contribution in [-0.2, 0) is 4.79 Å². The first-order valence-corrected chi connectivity index (χ1v) is 10.6. The second kappa shape index (κ2) is 8.17. The first-order valence-electron chi connectivity index (χ1n) is 8.35. The molecule has 27 heavy (non-hydrogen) atoms. The maximum Gasteiger partial charge on any atom is 0.231 e. The Balaban J connectivity index is 1.45. The van der Waals surface area contributed by atoms with Crippen LogP contribution in [0.1, 0.15) is 16.5 Å². The lowest BCUT2D eigenvalue weighted by molar-refractivity contribution is -0.119. The quantitative estimate of drug-likeness (QED) is 0.423. The fraction of sp³-hybridized carbons (Fsp3) is 0.100. The van der Waals surface area contributed by atoms with E-state index in [4.69, 9.17) is 11.6 Å². The fourth-order valence-corrected chi connectivity index (χ4v) is 4.45. The highest BCUT2D eigenvalue weighted by Gasteiger charge is 2.18. The first-order chi connectivity index (χ1) is 13.2. The van der Waals surface area contributed by atoms with Crippen molar-refractivity contribution in [1.29, 1.82) is 0 Å². The van der Waals surface area contributed by atoms with Crippen molar-refractivity contribution >= 4 is 51.6 Å². The summed E-state index contributed by atoms with van der Waals surface area (Å²) in [4.78, 5) is 21.4. The number of carbonyl (C=O) groups excluding carboxylic acids is 1. The Morgan fingerprint density at radius 1 is 1.19 bits per heavy atom. The number of rotatable bonds is 6. The van der Waals surface area contributed by atoms with Crippen molar-refractivity contribution in [2.45, 2.75) is 11.2 Å². The Bertz CT molecular complexity index is 1050. The molecule has 4 aromatic rings. The van der Waals surface area contributed by atoms with Crippen molar-refractivity contribution in [3.8, 4) is 0 Å². The number of nitrogens with one attached hydrogen (secondary N) is 2. The summed E-state index contributed by atoms with van der Waals surface area (Å²) in [6.45, 7) is 0. The second-order valence-electron chi connectivity index (χ2n) is 5.92. The van der Waals surface area contributed by atoms with Crippen LogP contribution in [0.5, 0.6) is 0 Å². The monoisotopic (exact) mass is 413 g/mol. The van der Waals surface area contributed by atoms with E-state index in [1.54, 1.807) is 17.4 Å². The van der Waals surface area contributed by atoms with E-state index in [1.807, 2.05) is 60.0 Å². The van der Waals surface area contributed by atoms with Crippen molar-refractivity contribution in [3.05, 3.63) is 81.5 Å². The number of benzene rings is 2. The highest BCUT2D eigenvalue weighted by atomic mass is 35.5. The van der Waals surface area contributed by atoms with E-state index in [9.17, 15) is 4.79 Å². The summed E-state index contributed by atoms with van der Waals surface area (Å²) in [6.07, 6.45) is 0. The van der Waals surface area contributed by atoms with Crippen LogP contribution in [0.3, 0.4) is 0 Å². The molecule has 0 aliphatic heterocycles. The molecule has 136 valence electrons. The number of thioether (sulfide) groups is 1. The minimum absolute atomic E-state index is 0.0410. The summed E-state index contributed by atoms with van der Waals surface area (Å²) in [5, 5.41) is 6.51. The third-order valence-electron chi connectivity index (χ3n) is 4.03. The first kappa shape index (κ1) is 18.1. The van der Waals surface area contributed by atoms with Gasteiger partial charge in [-0.2, -0.15) is 0 Å². The number of aromatic nitrogens is 2. The van der Waals surface area contributed by atoms with E-state index in [-0.39, 0.29) is 17.7 Å². The predicted molar refractivity (Wildman–Crippen MR) is 113 cm³/mol. The van der Waals surface area contributed by atoms with Crippen molar-refractivity contribution in [1.82, 2.24) is 15.3 Å². The SMILES string of the molecule is O=C(CSc1nc2ccc(Cl)cc2[nH]1)N[C@H](c1ccccc1)c1cccs1. The number of thiophene rings is 1. The van der Waals surface area contributed by atoms with Gasteiger partial charge in [-0.3, -0.25) is 4.79 Å². The number of halogens is 1. The lowest BCUT2D eigenvalue weighted by Crippen LogP contribution is -2.30. The molecule has 0 fully saturated rings. The molecule has 7 heteroatoms. The van der Waals surface area contributed by atoms with E-state index >= 15 is 0 Å². The summed E-state index contributed by atoms with van der Waals surface area (Å²) >= 11 is 9.01. The summed E-state index contributed by atoms with van der Waals surface area (Å²) in [5.74, 6) is 0.239. The molecule has 2 heterocycles. The zero-order valence-electron chi connectivity index (χ0n) is 14.2. The molecule has 0 unspecified atom stereocenters. The number of carbonyl (C=O) groups is 1. The normalized spacial score (nSPS) is 12.2. The highest BCUT2D eigenvalue weighted by Crippen LogP contribution is 2.27. The zero-order valence-corrected chi connectivity index (χ0v) is 16.6. The van der Waals surface area contributed by atoms with Crippen molar-refractivity contribution < 1.29 is 4.79 Å². The number of amides is 1. The van der Waals surface area contributed by atoms with Gasteiger partial charge in [0.15, 0.2) is 5.16 Å². The van der Waals surface area contributed by atoms with Gasteiger partial charge in [-0.1, -0.05) is 59.8 Å². The Hall–Kier alpha value is -2.28. The number of imidazole rings is 1. The molecule has 0 aliphatic rings. The van der Waals surface area contributed by atoms with Crippen LogP contribution in [0.25, 0.3) is 11.0 Å². The van der Waals surface area contributed by atoms with Gasteiger partial charge < -0.3 is 10.3 Å². The van der Waals surface area contributed by atoms with E-state index in [0.29, 0.717) is 10.2 Å². The van der Waals surface area contributed by atoms with Crippen LogP contribution >= 0.6 is 34.7 Å². The smallest absolute Gasteiger partial charge is 0.231 e. The number of aromatic amines is 1. The average molecular weight is 414 g/mol. The van der Waals surface area contributed by atoms with Gasteiger partial charge in [0.25, 0.3) is 0 Å². The van der Waals surface area contributed by atoms with Crippen molar-refractivity contribution in [2.75, 3.05) is 5.75 Å². The predicted octanol–water partition coefficient (Wildman–Crippen LogP) is 5.28. The van der Waals surface area contributed by atoms with E-state index in [2.05, 4.69) is 15.3 Å². The molecule has 1 atom stereocenters. The molecule has 0 saturated heterocycles. The topological polar surface area (TPSA) is 57.8 Å². The molecule has 0 saturated carbocycles. The third kappa shape index (κ3) is 4.35. The largest absolute Gasteiger partial charge is 0.344 e. The zero-order chi connectivity index (χ0) is 18.6. The summed E-state index contributed by atoms with van der Waals surface area (Å²) in [6, 6.07) is 19.4. The molecule has 0 spiro atoms. The summed E-state index contributed by atoms with van der Waals surface area (Å²) in [5.41, 5.74) is 2.77. The Morgan fingerprint density at radius 3 is 2.81 bits per heavy atom. The molecule has 4 rings (SSSR count). The van der Waals surface area contributed by atoms with Crippen LogP contribution in [0.4, 0.5) is 0 Å². The lowest BCUT2D eigenvalue weighted by Gasteiger charge is -2.17. The van der Waals surface area contributed by atoms with Crippen LogP contribution in [0.15, 0.2) is 71.2 Å². The molecular weight excluding hydrogens is 398 g/mol. The van der Waals surface area contributed by atoms with Crippen LogP contribution < -0.4 is 5.32 Å². The molecule has 1 amide bonds. The summed E-state index contributed by atoms with van der Waals surface area (Å²) < 4.78 is 0. The number of hydrogen-bond acceptors (Lipinski definition) is 4. The van der Waals surface area contributed by atoms with Crippen LogP contribution in [-0.4, -0.2) is 21.6 Å². The van der Waals surface area contributed by atoms with Gasteiger partial charge in [-0.05, 0) is 35.2 Å². The van der Waals surface area contributed by atoms with Crippen molar-refractivity contribution in [3.63, 3.8) is 0 Å². The van der Waals surface area contributed by atoms with Gasteiger partial charge in [-0.25, -0.2) is 4.98 Å². The van der Waals surface area contributed by atoms with Crippen LogP contribution in [0.2, 0.25) is 5.02 Å². The molecule has 4 nitrogen and oxygen atoms in total. The molecule has 0 aliphatic carbocycles.